The summed E-state index contributed by atoms with van der Waals surface area (Å²) >= 11 is 0. The average Bonchev–Trinajstić information content (AvgIpc) is 3.30. The molecule has 0 amide bonds. The molecule has 114 valence electrons. The normalized spacial score (nSPS) is 21.9. The number of nitrogen functional groups attached to an aromatic ring is 1. The molecule has 1 atom stereocenters. The van der Waals surface area contributed by atoms with Crippen molar-refractivity contribution >= 4 is 13.4 Å². The number of nitrogens with two attached hydrogens (primary N) is 1. The molecule has 3 heterocycles. The van der Waals surface area contributed by atoms with E-state index in [0.29, 0.717) is 5.92 Å². The Morgan fingerprint density at radius 2 is 1.90 bits per heavy atom. The zero-order chi connectivity index (χ0) is 14.3. The Morgan fingerprint density at radius 3 is 2.30 bits per heavy atom. The van der Waals surface area contributed by atoms with Crippen LogP contribution in [0.5, 0.6) is 0 Å². The van der Waals surface area contributed by atoms with Gasteiger partial charge in [0.25, 0.3) is 0 Å². The number of aromatic nitrogens is 2. The van der Waals surface area contributed by atoms with Crippen LogP contribution >= 0.6 is 7.56 Å². The monoisotopic (exact) mass is 297 g/mol. The van der Waals surface area contributed by atoms with Gasteiger partial charge in [0.1, 0.15) is 0 Å². The SMILES string of the molecule is CCCC(C[PH](C)(N1CC1)N1CC1)c1ncc(N)n1C. The molecule has 2 saturated heterocycles. The van der Waals surface area contributed by atoms with Crippen molar-refractivity contribution in [2.75, 3.05) is 44.7 Å². The van der Waals surface area contributed by atoms with Crippen LogP contribution in [0, 0.1) is 0 Å². The molecule has 0 saturated carbocycles. The van der Waals surface area contributed by atoms with Gasteiger partial charge in [-0.3, -0.25) is 0 Å². The summed E-state index contributed by atoms with van der Waals surface area (Å²) in [5, 5.41) is 0. The number of hydrogen-bond donors (Lipinski definition) is 1. The van der Waals surface area contributed by atoms with Crippen molar-refractivity contribution < 1.29 is 0 Å². The molecule has 20 heavy (non-hydrogen) atoms. The Bertz CT molecular complexity index is 466. The zero-order valence-corrected chi connectivity index (χ0v) is 14.0. The molecule has 1 aromatic rings. The van der Waals surface area contributed by atoms with Gasteiger partial charge in [-0.15, -0.1) is 0 Å². The Morgan fingerprint density at radius 1 is 1.30 bits per heavy atom. The van der Waals surface area contributed by atoms with E-state index in [0.717, 1.165) is 5.82 Å². The number of anilines is 1. The molecule has 1 unspecified atom stereocenters. The van der Waals surface area contributed by atoms with Gasteiger partial charge < -0.3 is 0 Å². The third kappa shape index (κ3) is 2.59. The van der Waals surface area contributed by atoms with Crippen LogP contribution in [0.4, 0.5) is 5.82 Å². The summed E-state index contributed by atoms with van der Waals surface area (Å²) < 4.78 is 7.55. The number of hydrogen-bond acceptors (Lipinski definition) is 4. The summed E-state index contributed by atoms with van der Waals surface area (Å²) in [6, 6.07) is 0. The quantitative estimate of drug-likeness (QED) is 0.615. The second-order valence-electron chi connectivity index (χ2n) is 6.48. The minimum atomic E-state index is -1.41. The molecule has 0 bridgehead atoms. The predicted octanol–water partition coefficient (Wildman–Crippen LogP) is 1.73. The molecule has 2 N–H and O–H groups in total. The van der Waals surface area contributed by atoms with Crippen LogP contribution in [0.25, 0.3) is 0 Å². The summed E-state index contributed by atoms with van der Waals surface area (Å²) in [6.07, 6.45) is 5.54. The summed E-state index contributed by atoms with van der Waals surface area (Å²) in [5.74, 6) is 2.52. The number of nitrogens with zero attached hydrogens (tertiary/aromatic N) is 4. The molecule has 3 rings (SSSR count). The van der Waals surface area contributed by atoms with E-state index in [-0.39, 0.29) is 0 Å². The Kier molecular flexibility index (Phi) is 3.78. The van der Waals surface area contributed by atoms with E-state index in [1.54, 1.807) is 0 Å². The molecule has 1 aromatic heterocycles. The molecule has 0 radical (unpaired) electrons. The third-order valence-electron chi connectivity index (χ3n) is 4.95. The van der Waals surface area contributed by atoms with Gasteiger partial charge in [-0.05, 0) is 0 Å². The second-order valence-corrected chi connectivity index (χ2v) is 10.6. The third-order valence-corrected chi connectivity index (χ3v) is 9.84. The number of rotatable bonds is 7. The standard InChI is InChI=1S/C14H28N5P/c1-4-5-12(14-16-10-13(15)17(14)2)11-20(3,18-6-7-18)19-8-9-19/h10,12,20H,4-9,11,15H2,1-3H3. The first-order valence-electron chi connectivity index (χ1n) is 7.83. The van der Waals surface area contributed by atoms with Crippen molar-refractivity contribution in [1.82, 2.24) is 18.9 Å². The first-order chi connectivity index (χ1) is 9.56. The van der Waals surface area contributed by atoms with Crippen molar-refractivity contribution in [2.24, 2.45) is 7.05 Å². The Balaban J connectivity index is 1.81. The van der Waals surface area contributed by atoms with Gasteiger partial charge in [-0.1, -0.05) is 0 Å². The van der Waals surface area contributed by atoms with Crippen LogP contribution in [0.2, 0.25) is 0 Å². The molecule has 2 fully saturated rings. The molecule has 5 nitrogen and oxygen atoms in total. The van der Waals surface area contributed by atoms with Crippen LogP contribution in [0.15, 0.2) is 6.20 Å². The van der Waals surface area contributed by atoms with Crippen LogP contribution < -0.4 is 5.73 Å². The molecule has 6 heteroatoms. The molecule has 2 aliphatic rings. The minimum absolute atomic E-state index is 0.556. The topological polar surface area (TPSA) is 49.9 Å². The molecule has 0 aromatic carbocycles. The van der Waals surface area contributed by atoms with Crippen molar-refractivity contribution in [3.05, 3.63) is 12.0 Å². The van der Waals surface area contributed by atoms with Crippen molar-refractivity contribution in [3.63, 3.8) is 0 Å². The van der Waals surface area contributed by atoms with E-state index >= 15 is 0 Å². The predicted molar refractivity (Wildman–Crippen MR) is 87.5 cm³/mol. The van der Waals surface area contributed by atoms with Gasteiger partial charge in [0.15, 0.2) is 0 Å². The van der Waals surface area contributed by atoms with Crippen molar-refractivity contribution in [3.8, 4) is 0 Å². The van der Waals surface area contributed by atoms with Gasteiger partial charge in [0.2, 0.25) is 0 Å². The molecular weight excluding hydrogens is 269 g/mol. The van der Waals surface area contributed by atoms with E-state index in [1.165, 1.54) is 51.0 Å². The molecule has 0 spiro atoms. The van der Waals surface area contributed by atoms with E-state index in [4.69, 9.17) is 5.73 Å². The van der Waals surface area contributed by atoms with Gasteiger partial charge in [-0.25, -0.2) is 0 Å². The molecular formula is C14H28N5P. The van der Waals surface area contributed by atoms with E-state index in [2.05, 4.69) is 32.5 Å². The fourth-order valence-corrected chi connectivity index (χ4v) is 7.84. The second kappa shape index (κ2) is 5.28. The van der Waals surface area contributed by atoms with Gasteiger partial charge in [-0.2, -0.15) is 0 Å². The first kappa shape index (κ1) is 14.3. The molecule has 2 aliphatic heterocycles. The Labute approximate surface area is 122 Å². The summed E-state index contributed by atoms with van der Waals surface area (Å²) in [6.45, 7) is 10.0. The zero-order valence-electron chi connectivity index (χ0n) is 13.0. The van der Waals surface area contributed by atoms with Crippen molar-refractivity contribution in [1.29, 1.82) is 0 Å². The maximum absolute atomic E-state index is 5.97. The van der Waals surface area contributed by atoms with Crippen LogP contribution in [0.1, 0.15) is 31.5 Å². The Hall–Kier alpha value is -0.640. The summed E-state index contributed by atoms with van der Waals surface area (Å²) in [5.41, 5.74) is 5.97. The van der Waals surface area contributed by atoms with Crippen LogP contribution in [0.3, 0.4) is 0 Å². The van der Waals surface area contributed by atoms with Gasteiger partial charge in [0, 0.05) is 0 Å². The van der Waals surface area contributed by atoms with Crippen LogP contribution in [-0.2, 0) is 7.05 Å². The van der Waals surface area contributed by atoms with E-state index in [1.807, 2.05) is 13.2 Å². The van der Waals surface area contributed by atoms with Gasteiger partial charge >= 0.3 is 122 Å². The maximum atomic E-state index is 5.97. The van der Waals surface area contributed by atoms with Crippen LogP contribution in [-0.4, -0.2) is 57.9 Å². The molecule has 0 aliphatic carbocycles. The van der Waals surface area contributed by atoms with E-state index in [9.17, 15) is 0 Å². The summed E-state index contributed by atoms with van der Waals surface area (Å²) in [7, 11) is 0.643. The van der Waals surface area contributed by atoms with Gasteiger partial charge in [0.05, 0.1) is 0 Å². The average molecular weight is 297 g/mol. The summed E-state index contributed by atoms with van der Waals surface area (Å²) in [4.78, 5) is 4.60. The number of imidazole rings is 1. The van der Waals surface area contributed by atoms with E-state index < -0.39 is 7.56 Å². The van der Waals surface area contributed by atoms with Crippen molar-refractivity contribution in [2.45, 2.75) is 25.7 Å². The fourth-order valence-electron chi connectivity index (χ4n) is 3.48. The first-order valence-corrected chi connectivity index (χ1v) is 10.4. The fraction of sp³-hybridized carbons (Fsp3) is 0.786.